The SMILES string of the molecule is Cc1ccccc1C(=O)NNC(=O)c1ccc(N2CCCCCC2)c([N+](=O)[O-])c1. The molecule has 0 aromatic heterocycles. The number of hydrogen-bond acceptors (Lipinski definition) is 5. The molecule has 1 aliphatic heterocycles. The third kappa shape index (κ3) is 4.90. The lowest BCUT2D eigenvalue weighted by molar-refractivity contribution is -0.384. The molecule has 8 heteroatoms. The maximum absolute atomic E-state index is 12.4. The Morgan fingerprint density at radius 1 is 0.966 bits per heavy atom. The average Bonchev–Trinajstić information content (AvgIpc) is 3.01. The molecule has 2 N–H and O–H groups in total. The van der Waals surface area contributed by atoms with E-state index in [2.05, 4.69) is 10.9 Å². The molecule has 3 rings (SSSR count). The summed E-state index contributed by atoms with van der Waals surface area (Å²) in [4.78, 5) is 37.8. The molecule has 2 amide bonds. The number of rotatable bonds is 4. The lowest BCUT2D eigenvalue weighted by atomic mass is 10.1. The van der Waals surface area contributed by atoms with E-state index in [-0.39, 0.29) is 11.3 Å². The Labute approximate surface area is 169 Å². The van der Waals surface area contributed by atoms with Crippen LogP contribution in [-0.4, -0.2) is 29.8 Å². The van der Waals surface area contributed by atoms with E-state index in [1.807, 2.05) is 11.0 Å². The smallest absolute Gasteiger partial charge is 0.293 e. The Balaban J connectivity index is 1.73. The molecule has 0 unspecified atom stereocenters. The van der Waals surface area contributed by atoms with Crippen LogP contribution in [0.15, 0.2) is 42.5 Å². The zero-order chi connectivity index (χ0) is 20.8. The number of aryl methyl sites for hydroxylation is 1. The fourth-order valence-corrected chi connectivity index (χ4v) is 3.47. The summed E-state index contributed by atoms with van der Waals surface area (Å²) in [5.74, 6) is -1.07. The third-order valence-corrected chi connectivity index (χ3v) is 5.06. The number of carbonyl (C=O) groups is 2. The summed E-state index contributed by atoms with van der Waals surface area (Å²) < 4.78 is 0. The zero-order valence-electron chi connectivity index (χ0n) is 16.3. The van der Waals surface area contributed by atoms with Crippen molar-refractivity contribution < 1.29 is 14.5 Å². The molecule has 0 aliphatic carbocycles. The van der Waals surface area contributed by atoms with Crippen molar-refractivity contribution in [3.63, 3.8) is 0 Å². The number of carbonyl (C=O) groups excluding carboxylic acids is 2. The molecule has 2 aromatic carbocycles. The number of hydrogen-bond donors (Lipinski definition) is 2. The van der Waals surface area contributed by atoms with Crippen LogP contribution in [-0.2, 0) is 0 Å². The molecule has 1 aliphatic rings. The molecule has 0 radical (unpaired) electrons. The van der Waals surface area contributed by atoms with Crippen molar-refractivity contribution in [1.29, 1.82) is 0 Å². The summed E-state index contributed by atoms with van der Waals surface area (Å²) in [7, 11) is 0. The molecular formula is C21H24N4O4. The zero-order valence-corrected chi connectivity index (χ0v) is 16.3. The number of anilines is 1. The Morgan fingerprint density at radius 3 is 2.28 bits per heavy atom. The van der Waals surface area contributed by atoms with Gasteiger partial charge in [-0.25, -0.2) is 0 Å². The first kappa shape index (κ1) is 20.3. The van der Waals surface area contributed by atoms with E-state index in [9.17, 15) is 19.7 Å². The van der Waals surface area contributed by atoms with Crippen LogP contribution in [0.3, 0.4) is 0 Å². The minimum absolute atomic E-state index is 0.107. The second kappa shape index (κ2) is 9.18. The summed E-state index contributed by atoms with van der Waals surface area (Å²) >= 11 is 0. The lowest BCUT2D eigenvalue weighted by Crippen LogP contribution is -2.41. The molecule has 0 bridgehead atoms. The van der Waals surface area contributed by atoms with E-state index in [0.29, 0.717) is 11.3 Å². The Hall–Kier alpha value is -3.42. The summed E-state index contributed by atoms with van der Waals surface area (Å²) in [5.41, 5.74) is 6.42. The second-order valence-electron chi connectivity index (χ2n) is 7.09. The fourth-order valence-electron chi connectivity index (χ4n) is 3.47. The van der Waals surface area contributed by atoms with Gasteiger partial charge in [0.1, 0.15) is 5.69 Å². The van der Waals surface area contributed by atoms with Crippen molar-refractivity contribution in [3.05, 3.63) is 69.3 Å². The van der Waals surface area contributed by atoms with Crippen LogP contribution in [0.1, 0.15) is 52.0 Å². The van der Waals surface area contributed by atoms with Gasteiger partial charge in [0.15, 0.2) is 0 Å². The molecule has 2 aromatic rings. The maximum Gasteiger partial charge on any atom is 0.293 e. The fraction of sp³-hybridized carbons (Fsp3) is 0.333. The predicted octanol–water partition coefficient (Wildman–Crippen LogP) is 3.36. The summed E-state index contributed by atoms with van der Waals surface area (Å²) in [5, 5.41) is 11.6. The van der Waals surface area contributed by atoms with Gasteiger partial charge in [0.25, 0.3) is 17.5 Å². The number of nitrogens with one attached hydrogen (secondary N) is 2. The molecule has 0 saturated carbocycles. The molecule has 0 atom stereocenters. The van der Waals surface area contributed by atoms with Gasteiger partial charge in [0.2, 0.25) is 0 Å². The van der Waals surface area contributed by atoms with E-state index in [0.717, 1.165) is 44.3 Å². The standard InChI is InChI=1S/C21H24N4O4/c1-15-8-4-5-9-17(15)21(27)23-22-20(26)16-10-11-18(19(14-16)25(28)29)24-12-6-2-3-7-13-24/h4-5,8-11,14H,2-3,6-7,12-13H2,1H3,(H,22,26)(H,23,27). The van der Waals surface area contributed by atoms with Gasteiger partial charge in [-0.1, -0.05) is 31.0 Å². The van der Waals surface area contributed by atoms with Crippen LogP contribution in [0.4, 0.5) is 11.4 Å². The van der Waals surface area contributed by atoms with Crippen molar-refractivity contribution in [2.24, 2.45) is 0 Å². The summed E-state index contributed by atoms with van der Waals surface area (Å²) in [6, 6.07) is 11.4. The molecule has 8 nitrogen and oxygen atoms in total. The van der Waals surface area contributed by atoms with Gasteiger partial charge >= 0.3 is 0 Å². The van der Waals surface area contributed by atoms with Crippen LogP contribution >= 0.6 is 0 Å². The van der Waals surface area contributed by atoms with E-state index < -0.39 is 16.7 Å². The van der Waals surface area contributed by atoms with Gasteiger partial charge in [-0.15, -0.1) is 0 Å². The van der Waals surface area contributed by atoms with Crippen molar-refractivity contribution in [2.75, 3.05) is 18.0 Å². The van der Waals surface area contributed by atoms with Gasteiger partial charge in [-0.3, -0.25) is 30.6 Å². The van der Waals surface area contributed by atoms with Crippen LogP contribution in [0, 0.1) is 17.0 Å². The lowest BCUT2D eigenvalue weighted by Gasteiger charge is -2.22. The number of amides is 2. The Morgan fingerprint density at radius 2 is 1.62 bits per heavy atom. The van der Waals surface area contributed by atoms with Crippen LogP contribution in [0.5, 0.6) is 0 Å². The van der Waals surface area contributed by atoms with Crippen LogP contribution < -0.4 is 15.8 Å². The molecule has 152 valence electrons. The van der Waals surface area contributed by atoms with Gasteiger partial charge in [-0.2, -0.15) is 0 Å². The van der Waals surface area contributed by atoms with Crippen LogP contribution in [0.25, 0.3) is 0 Å². The molecule has 1 fully saturated rings. The number of nitro groups is 1. The Kier molecular flexibility index (Phi) is 6.43. The first-order chi connectivity index (χ1) is 14.0. The minimum Gasteiger partial charge on any atom is -0.366 e. The summed E-state index contributed by atoms with van der Waals surface area (Å²) in [6.45, 7) is 3.32. The minimum atomic E-state index is -0.613. The monoisotopic (exact) mass is 396 g/mol. The number of nitro benzene ring substituents is 1. The van der Waals surface area contributed by atoms with Crippen molar-refractivity contribution in [1.82, 2.24) is 10.9 Å². The van der Waals surface area contributed by atoms with Crippen molar-refractivity contribution in [2.45, 2.75) is 32.6 Å². The highest BCUT2D eigenvalue weighted by atomic mass is 16.6. The molecule has 0 spiro atoms. The normalized spacial score (nSPS) is 14.0. The maximum atomic E-state index is 12.4. The van der Waals surface area contributed by atoms with Crippen LogP contribution in [0.2, 0.25) is 0 Å². The highest BCUT2D eigenvalue weighted by Crippen LogP contribution is 2.31. The largest absolute Gasteiger partial charge is 0.366 e. The van der Waals surface area contributed by atoms with E-state index in [4.69, 9.17) is 0 Å². The first-order valence-electron chi connectivity index (χ1n) is 9.67. The number of hydrazine groups is 1. The van der Waals surface area contributed by atoms with E-state index in [1.54, 1.807) is 37.3 Å². The number of nitrogens with zero attached hydrogens (tertiary/aromatic N) is 2. The molecule has 29 heavy (non-hydrogen) atoms. The highest BCUT2D eigenvalue weighted by molar-refractivity contribution is 6.00. The summed E-state index contributed by atoms with van der Waals surface area (Å²) in [6.07, 6.45) is 4.21. The quantitative estimate of drug-likeness (QED) is 0.609. The third-order valence-electron chi connectivity index (χ3n) is 5.06. The van der Waals surface area contributed by atoms with Gasteiger partial charge < -0.3 is 4.90 Å². The van der Waals surface area contributed by atoms with Crippen molar-refractivity contribution >= 4 is 23.2 Å². The predicted molar refractivity (Wildman–Crippen MR) is 110 cm³/mol. The van der Waals surface area contributed by atoms with E-state index >= 15 is 0 Å². The molecule has 1 heterocycles. The van der Waals surface area contributed by atoms with Gasteiger partial charge in [0.05, 0.1) is 4.92 Å². The second-order valence-corrected chi connectivity index (χ2v) is 7.09. The molecule has 1 saturated heterocycles. The molecular weight excluding hydrogens is 372 g/mol. The topological polar surface area (TPSA) is 105 Å². The van der Waals surface area contributed by atoms with Gasteiger partial charge in [0, 0.05) is 30.3 Å². The van der Waals surface area contributed by atoms with Gasteiger partial charge in [-0.05, 0) is 43.5 Å². The van der Waals surface area contributed by atoms with Crippen molar-refractivity contribution in [3.8, 4) is 0 Å². The Bertz CT molecular complexity index is 921. The van der Waals surface area contributed by atoms with E-state index in [1.165, 1.54) is 6.07 Å². The highest BCUT2D eigenvalue weighted by Gasteiger charge is 2.23. The number of benzene rings is 2. The first-order valence-corrected chi connectivity index (χ1v) is 9.67. The average molecular weight is 396 g/mol.